The predicted molar refractivity (Wildman–Crippen MR) is 159 cm³/mol. The van der Waals surface area contributed by atoms with Crippen molar-refractivity contribution in [1.29, 1.82) is 0 Å². The second-order valence-corrected chi connectivity index (χ2v) is 10.3. The number of rotatable bonds is 13. The Kier molecular flexibility index (Phi) is 9.33. The molecule has 5 rings (SSSR count). The van der Waals surface area contributed by atoms with Crippen LogP contribution in [0.1, 0.15) is 25.1 Å². The first-order chi connectivity index (χ1) is 20.8. The summed E-state index contributed by atoms with van der Waals surface area (Å²) in [5, 5.41) is 36.8. The zero-order valence-electron chi connectivity index (χ0n) is 23.6. The number of hydrogen-bond acceptors (Lipinski definition) is 12. The molecule has 0 radical (unpaired) electrons. The van der Waals surface area contributed by atoms with E-state index in [4.69, 9.17) is 20.9 Å². The molecular formula is C29H36N8O6. The number of fused-ring (bicyclic) bond motifs is 1. The van der Waals surface area contributed by atoms with Gasteiger partial charge in [0.15, 0.2) is 23.2 Å². The first-order valence-electron chi connectivity index (χ1n) is 14.0. The van der Waals surface area contributed by atoms with Gasteiger partial charge in [0.25, 0.3) is 0 Å². The van der Waals surface area contributed by atoms with E-state index in [-0.39, 0.29) is 17.8 Å². The lowest BCUT2D eigenvalue weighted by Crippen LogP contribution is -2.39. The molecule has 0 aliphatic carbocycles. The largest absolute Gasteiger partial charge is 0.494 e. The lowest BCUT2D eigenvalue weighted by Gasteiger charge is -2.19. The van der Waals surface area contributed by atoms with Crippen molar-refractivity contribution in [3.05, 3.63) is 60.4 Å². The Bertz CT molecular complexity index is 1550. The Labute approximate surface area is 247 Å². The van der Waals surface area contributed by atoms with Crippen LogP contribution in [0.2, 0.25) is 0 Å². The van der Waals surface area contributed by atoms with Crippen LogP contribution < -0.4 is 26.8 Å². The molecule has 1 amide bonds. The van der Waals surface area contributed by atoms with Gasteiger partial charge in [-0.3, -0.25) is 9.36 Å². The van der Waals surface area contributed by atoms with Gasteiger partial charge < -0.3 is 46.9 Å². The van der Waals surface area contributed by atoms with Crippen molar-refractivity contribution in [3.8, 4) is 16.9 Å². The Morgan fingerprint density at radius 3 is 2.65 bits per heavy atom. The van der Waals surface area contributed by atoms with Crippen LogP contribution in [0.4, 0.5) is 11.8 Å². The average Bonchev–Trinajstić information content (AvgIpc) is 3.52. The molecule has 0 unspecified atom stereocenters. The molecule has 5 atom stereocenters. The third kappa shape index (κ3) is 6.68. The fourth-order valence-corrected chi connectivity index (χ4v) is 4.83. The highest BCUT2D eigenvalue weighted by Crippen LogP contribution is 2.35. The number of aliphatic hydroxyl groups is 3. The van der Waals surface area contributed by atoms with Crippen LogP contribution in [0.25, 0.3) is 22.3 Å². The molecule has 1 aliphatic heterocycles. The summed E-state index contributed by atoms with van der Waals surface area (Å²) >= 11 is 0. The topological polar surface area (TPSA) is 216 Å². The van der Waals surface area contributed by atoms with Gasteiger partial charge in [0.1, 0.15) is 30.4 Å². The van der Waals surface area contributed by atoms with Crippen LogP contribution in [-0.4, -0.2) is 84.9 Å². The SMILES string of the molecule is C[C@H](NCCCOc1cccc(-c2ccc(CNc3nc4c(N)ncnc4n3[C@@H]3O[C@H](CO)[C@@H](O)[C@H]3O)cc2)c1)C(N)=O. The van der Waals surface area contributed by atoms with Crippen LogP contribution in [-0.2, 0) is 16.1 Å². The zero-order valence-corrected chi connectivity index (χ0v) is 23.6. The number of aliphatic hydroxyl groups excluding tert-OH is 3. The maximum atomic E-state index is 11.1. The number of aromatic nitrogens is 4. The molecule has 9 N–H and O–H groups in total. The van der Waals surface area contributed by atoms with Gasteiger partial charge in [-0.25, -0.2) is 15.0 Å². The highest BCUT2D eigenvalue weighted by Gasteiger charge is 2.45. The molecule has 0 bridgehead atoms. The molecule has 1 fully saturated rings. The van der Waals surface area contributed by atoms with Crippen molar-refractivity contribution in [2.24, 2.45) is 5.73 Å². The van der Waals surface area contributed by atoms with Crippen LogP contribution in [0.15, 0.2) is 54.9 Å². The predicted octanol–water partition coefficient (Wildman–Crippen LogP) is 0.531. The number of anilines is 2. The van der Waals surface area contributed by atoms with Crippen molar-refractivity contribution in [2.45, 2.75) is 50.5 Å². The number of ether oxygens (including phenoxy) is 2. The molecule has 14 heteroatoms. The maximum Gasteiger partial charge on any atom is 0.234 e. The quantitative estimate of drug-likeness (QED) is 0.106. The number of nitrogens with one attached hydrogen (secondary N) is 2. The molecule has 4 aromatic rings. The van der Waals surface area contributed by atoms with Gasteiger partial charge in [-0.05, 0) is 48.7 Å². The van der Waals surface area contributed by atoms with E-state index >= 15 is 0 Å². The van der Waals surface area contributed by atoms with Gasteiger partial charge in [-0.2, -0.15) is 0 Å². The first kappa shape index (κ1) is 30.1. The van der Waals surface area contributed by atoms with Gasteiger partial charge in [-0.15, -0.1) is 0 Å². The summed E-state index contributed by atoms with van der Waals surface area (Å²) in [7, 11) is 0. The summed E-state index contributed by atoms with van der Waals surface area (Å²) in [4.78, 5) is 23.9. The monoisotopic (exact) mass is 592 g/mol. The van der Waals surface area contributed by atoms with E-state index in [0.717, 1.165) is 28.9 Å². The van der Waals surface area contributed by atoms with Crippen LogP contribution in [0, 0.1) is 0 Å². The highest BCUT2D eigenvalue weighted by atomic mass is 16.6. The summed E-state index contributed by atoms with van der Waals surface area (Å²) in [5.41, 5.74) is 14.9. The summed E-state index contributed by atoms with van der Waals surface area (Å²) in [5.74, 6) is 0.831. The second kappa shape index (κ2) is 13.3. The molecule has 3 heterocycles. The molecule has 228 valence electrons. The van der Waals surface area contributed by atoms with Crippen molar-refractivity contribution in [3.63, 3.8) is 0 Å². The summed E-state index contributed by atoms with van der Waals surface area (Å²) in [6.07, 6.45) is -2.62. The lowest BCUT2D eigenvalue weighted by atomic mass is 10.0. The number of benzene rings is 2. The van der Waals surface area contributed by atoms with Gasteiger partial charge in [-0.1, -0.05) is 36.4 Å². The third-order valence-corrected chi connectivity index (χ3v) is 7.32. The number of nitrogen functional groups attached to an aromatic ring is 1. The van der Waals surface area contributed by atoms with Crippen LogP contribution in [0.3, 0.4) is 0 Å². The zero-order chi connectivity index (χ0) is 30.5. The van der Waals surface area contributed by atoms with E-state index in [1.807, 2.05) is 48.5 Å². The number of carbonyl (C=O) groups is 1. The minimum absolute atomic E-state index is 0.156. The van der Waals surface area contributed by atoms with E-state index in [1.54, 1.807) is 6.92 Å². The Morgan fingerprint density at radius 1 is 1.14 bits per heavy atom. The smallest absolute Gasteiger partial charge is 0.234 e. The van der Waals surface area contributed by atoms with Gasteiger partial charge in [0, 0.05) is 6.54 Å². The Morgan fingerprint density at radius 2 is 1.93 bits per heavy atom. The van der Waals surface area contributed by atoms with Crippen molar-refractivity contribution >= 4 is 28.8 Å². The normalized spacial score (nSPS) is 20.7. The molecule has 0 spiro atoms. The Balaban J connectivity index is 1.25. The molecule has 1 aliphatic rings. The number of hydrogen-bond donors (Lipinski definition) is 7. The van der Waals surface area contributed by atoms with Crippen LogP contribution in [0.5, 0.6) is 5.75 Å². The third-order valence-electron chi connectivity index (χ3n) is 7.32. The maximum absolute atomic E-state index is 11.1. The molecule has 2 aromatic carbocycles. The molecule has 0 saturated carbocycles. The van der Waals surface area contributed by atoms with E-state index in [1.165, 1.54) is 10.9 Å². The molecule has 2 aromatic heterocycles. The van der Waals surface area contributed by atoms with E-state index in [9.17, 15) is 20.1 Å². The van der Waals surface area contributed by atoms with E-state index in [2.05, 4.69) is 25.6 Å². The number of primary amides is 1. The summed E-state index contributed by atoms with van der Waals surface area (Å²) in [6, 6.07) is 15.4. The van der Waals surface area contributed by atoms with E-state index < -0.39 is 31.1 Å². The summed E-state index contributed by atoms with van der Waals surface area (Å²) < 4.78 is 13.2. The fraction of sp³-hybridized carbons (Fsp3) is 0.379. The number of carbonyl (C=O) groups excluding carboxylic acids is 1. The number of amides is 1. The van der Waals surface area contributed by atoms with Gasteiger partial charge in [0.05, 0.1) is 19.3 Å². The molecule has 43 heavy (non-hydrogen) atoms. The van der Waals surface area contributed by atoms with Crippen LogP contribution >= 0.6 is 0 Å². The molecule has 1 saturated heterocycles. The molecular weight excluding hydrogens is 556 g/mol. The average molecular weight is 593 g/mol. The minimum atomic E-state index is -1.33. The summed E-state index contributed by atoms with van der Waals surface area (Å²) in [6.45, 7) is 2.76. The number of imidazole rings is 1. The minimum Gasteiger partial charge on any atom is -0.494 e. The van der Waals surface area contributed by atoms with Crippen molar-refractivity contribution in [2.75, 3.05) is 30.8 Å². The van der Waals surface area contributed by atoms with Gasteiger partial charge in [0.2, 0.25) is 11.9 Å². The lowest BCUT2D eigenvalue weighted by molar-refractivity contribution is -0.119. The number of nitrogens with two attached hydrogens (primary N) is 2. The standard InChI is InChI=1S/C29H36N8O6/c1-16(26(31)41)32-10-3-11-42-20-5-2-4-19(12-20)18-8-6-17(7-9-18)13-33-29-36-22-25(30)34-15-35-27(22)37(29)28-24(40)23(39)21(14-38)43-28/h2,4-9,12,15-16,21,23-24,28,32,38-40H,3,10-11,13-14H2,1H3,(H2,31,41)(H,33,36)(H2,30,34,35)/t16-,21+,23+,24+,28+/m0/s1. The number of nitrogens with zero attached hydrogens (tertiary/aromatic N) is 4. The molecule has 14 nitrogen and oxygen atoms in total. The van der Waals surface area contributed by atoms with Crippen molar-refractivity contribution in [1.82, 2.24) is 24.8 Å². The second-order valence-electron chi connectivity index (χ2n) is 10.3. The van der Waals surface area contributed by atoms with Gasteiger partial charge >= 0.3 is 0 Å². The van der Waals surface area contributed by atoms with E-state index in [0.29, 0.717) is 36.8 Å². The highest BCUT2D eigenvalue weighted by molar-refractivity contribution is 5.84. The Hall–Kier alpha value is -4.34. The van der Waals surface area contributed by atoms with Crippen molar-refractivity contribution < 1.29 is 29.6 Å². The first-order valence-corrected chi connectivity index (χ1v) is 14.0. The fourth-order valence-electron chi connectivity index (χ4n) is 4.83.